The van der Waals surface area contributed by atoms with Gasteiger partial charge in [0.25, 0.3) is 0 Å². The SMILES string of the molecule is CC(C)(C)OC(=O)N1CC[NH+]([C@@H](C(=O)[O-])c2ccccn2)CC1. The van der Waals surface area contributed by atoms with Gasteiger partial charge in [0.05, 0.1) is 26.2 Å². The van der Waals surface area contributed by atoms with E-state index in [1.165, 1.54) is 0 Å². The van der Waals surface area contributed by atoms with Crippen molar-refractivity contribution in [1.29, 1.82) is 0 Å². The van der Waals surface area contributed by atoms with E-state index in [-0.39, 0.29) is 6.09 Å². The van der Waals surface area contributed by atoms with Crippen molar-refractivity contribution in [2.45, 2.75) is 32.4 Å². The van der Waals surface area contributed by atoms with Crippen LogP contribution in [0.2, 0.25) is 0 Å². The molecule has 1 aliphatic heterocycles. The number of nitrogens with one attached hydrogen (secondary N) is 1. The van der Waals surface area contributed by atoms with Crippen molar-refractivity contribution in [3.05, 3.63) is 30.1 Å². The second kappa shape index (κ2) is 6.95. The summed E-state index contributed by atoms with van der Waals surface area (Å²) >= 11 is 0. The first kappa shape index (κ1) is 17.2. The predicted octanol–water partition coefficient (Wildman–Crippen LogP) is -0.992. The summed E-state index contributed by atoms with van der Waals surface area (Å²) in [6, 6.07) is 4.37. The summed E-state index contributed by atoms with van der Waals surface area (Å²) in [5.41, 5.74) is -0.0593. The number of rotatable bonds is 3. The molecule has 1 aliphatic rings. The monoisotopic (exact) mass is 321 g/mol. The molecule has 1 aromatic rings. The average Bonchev–Trinajstić information content (AvgIpc) is 2.47. The van der Waals surface area contributed by atoms with Gasteiger partial charge in [0.1, 0.15) is 17.3 Å². The number of carboxylic acid groups (broad SMARTS) is 1. The van der Waals surface area contributed by atoms with E-state index >= 15 is 0 Å². The smallest absolute Gasteiger partial charge is 0.410 e. The Kier molecular flexibility index (Phi) is 5.20. The molecule has 126 valence electrons. The Morgan fingerprint density at radius 2 is 1.96 bits per heavy atom. The minimum absolute atomic E-state index is 0.362. The molecule has 1 N–H and O–H groups in total. The van der Waals surface area contributed by atoms with E-state index in [4.69, 9.17) is 4.74 Å². The van der Waals surface area contributed by atoms with Crippen LogP contribution in [0, 0.1) is 0 Å². The Morgan fingerprint density at radius 3 is 2.43 bits per heavy atom. The molecular formula is C16H23N3O4. The molecule has 0 saturated carbocycles. The Labute approximate surface area is 135 Å². The van der Waals surface area contributed by atoms with Crippen LogP contribution in [-0.2, 0) is 9.53 Å². The fraction of sp³-hybridized carbons (Fsp3) is 0.562. The van der Waals surface area contributed by atoms with Gasteiger partial charge in [-0.25, -0.2) is 4.79 Å². The fourth-order valence-electron chi connectivity index (χ4n) is 2.63. The number of aromatic nitrogens is 1. The van der Waals surface area contributed by atoms with Gasteiger partial charge in [0.2, 0.25) is 0 Å². The lowest BCUT2D eigenvalue weighted by Crippen LogP contribution is -3.16. The van der Waals surface area contributed by atoms with Crippen molar-refractivity contribution in [2.24, 2.45) is 0 Å². The fourth-order valence-corrected chi connectivity index (χ4v) is 2.63. The summed E-state index contributed by atoms with van der Waals surface area (Å²) in [6.45, 7) is 7.36. The predicted molar refractivity (Wildman–Crippen MR) is 80.5 cm³/mol. The Hall–Kier alpha value is -2.15. The Morgan fingerprint density at radius 1 is 1.30 bits per heavy atom. The normalized spacial score (nSPS) is 17.6. The number of pyridine rings is 1. The molecule has 1 fully saturated rings. The lowest BCUT2D eigenvalue weighted by molar-refractivity contribution is -0.928. The maximum atomic E-state index is 12.0. The molecule has 2 heterocycles. The van der Waals surface area contributed by atoms with Crippen LogP contribution in [0.25, 0.3) is 0 Å². The number of carbonyl (C=O) groups is 2. The van der Waals surface area contributed by atoms with Crippen molar-refractivity contribution in [1.82, 2.24) is 9.88 Å². The highest BCUT2D eigenvalue weighted by atomic mass is 16.6. The van der Waals surface area contributed by atoms with E-state index in [0.717, 1.165) is 4.90 Å². The number of aliphatic carboxylic acids is 1. The third-order valence-corrected chi connectivity index (χ3v) is 3.68. The number of carboxylic acids is 1. The summed E-state index contributed by atoms with van der Waals surface area (Å²) < 4.78 is 5.34. The van der Waals surface area contributed by atoms with Gasteiger partial charge < -0.3 is 19.5 Å². The molecule has 0 aromatic carbocycles. The van der Waals surface area contributed by atoms with Crippen molar-refractivity contribution in [3.8, 4) is 0 Å². The van der Waals surface area contributed by atoms with E-state index in [2.05, 4.69) is 4.98 Å². The van der Waals surface area contributed by atoms with Crippen molar-refractivity contribution >= 4 is 12.1 Å². The average molecular weight is 321 g/mol. The van der Waals surface area contributed by atoms with Gasteiger partial charge in [0.15, 0.2) is 6.04 Å². The van der Waals surface area contributed by atoms with Crippen LogP contribution in [0.4, 0.5) is 4.79 Å². The van der Waals surface area contributed by atoms with Gasteiger partial charge in [-0.1, -0.05) is 6.07 Å². The molecular weight excluding hydrogens is 298 g/mol. The number of amides is 1. The molecule has 0 unspecified atom stereocenters. The van der Waals surface area contributed by atoms with E-state index < -0.39 is 17.6 Å². The highest BCUT2D eigenvalue weighted by Crippen LogP contribution is 2.11. The second-order valence-electron chi connectivity index (χ2n) is 6.63. The lowest BCUT2D eigenvalue weighted by atomic mass is 10.1. The standard InChI is InChI=1S/C16H23N3O4/c1-16(2,3)23-15(22)19-10-8-18(9-11-19)13(14(20)21)12-6-4-5-7-17-12/h4-7,13H,8-11H2,1-3H3,(H,20,21)/t13-/m1/s1. The lowest BCUT2D eigenvalue weighted by Gasteiger charge is -2.37. The van der Waals surface area contributed by atoms with Gasteiger partial charge in [-0.15, -0.1) is 0 Å². The van der Waals surface area contributed by atoms with E-state index in [1.54, 1.807) is 29.3 Å². The largest absolute Gasteiger partial charge is 0.544 e. The molecule has 1 saturated heterocycles. The van der Waals surface area contributed by atoms with Crippen LogP contribution < -0.4 is 10.0 Å². The number of hydrogen-bond donors (Lipinski definition) is 1. The maximum absolute atomic E-state index is 12.0. The molecule has 7 nitrogen and oxygen atoms in total. The third kappa shape index (κ3) is 4.66. The van der Waals surface area contributed by atoms with E-state index in [1.807, 2.05) is 20.8 Å². The van der Waals surface area contributed by atoms with Crippen LogP contribution in [0.1, 0.15) is 32.5 Å². The number of piperazine rings is 1. The highest BCUT2D eigenvalue weighted by Gasteiger charge is 2.33. The molecule has 23 heavy (non-hydrogen) atoms. The molecule has 1 aromatic heterocycles. The van der Waals surface area contributed by atoms with E-state index in [0.29, 0.717) is 31.9 Å². The zero-order valence-corrected chi connectivity index (χ0v) is 13.7. The summed E-state index contributed by atoms with van der Waals surface area (Å²) in [5, 5.41) is 11.5. The molecule has 2 rings (SSSR count). The van der Waals surface area contributed by atoms with Crippen molar-refractivity contribution in [3.63, 3.8) is 0 Å². The van der Waals surface area contributed by atoms with Crippen LogP contribution in [0.5, 0.6) is 0 Å². The molecule has 0 spiro atoms. The zero-order valence-electron chi connectivity index (χ0n) is 13.7. The Bertz CT molecular complexity index is 548. The van der Waals surface area contributed by atoms with Gasteiger partial charge in [-0.2, -0.15) is 0 Å². The summed E-state index contributed by atoms with van der Waals surface area (Å²) in [5.74, 6) is -1.15. The summed E-state index contributed by atoms with van der Waals surface area (Å²) in [4.78, 5) is 30.2. The molecule has 1 atom stereocenters. The number of carbonyl (C=O) groups excluding carboxylic acids is 2. The minimum atomic E-state index is -1.15. The van der Waals surface area contributed by atoms with Gasteiger partial charge >= 0.3 is 6.09 Å². The number of ether oxygens (including phenoxy) is 1. The van der Waals surface area contributed by atoms with Crippen LogP contribution >= 0.6 is 0 Å². The molecule has 0 bridgehead atoms. The summed E-state index contributed by atoms with van der Waals surface area (Å²) in [7, 11) is 0. The van der Waals surface area contributed by atoms with Gasteiger partial charge in [-0.3, -0.25) is 9.88 Å². The highest BCUT2D eigenvalue weighted by molar-refractivity contribution is 5.71. The van der Waals surface area contributed by atoms with Crippen LogP contribution in [-0.4, -0.2) is 53.7 Å². The zero-order chi connectivity index (χ0) is 17.0. The first-order valence-corrected chi connectivity index (χ1v) is 7.72. The molecule has 1 amide bonds. The first-order chi connectivity index (χ1) is 10.8. The summed E-state index contributed by atoms with van der Waals surface area (Å²) in [6.07, 6.45) is 1.21. The molecule has 0 aliphatic carbocycles. The quantitative estimate of drug-likeness (QED) is 0.772. The van der Waals surface area contributed by atoms with Crippen molar-refractivity contribution < 1.29 is 24.3 Å². The second-order valence-corrected chi connectivity index (χ2v) is 6.63. The van der Waals surface area contributed by atoms with Crippen LogP contribution in [0.3, 0.4) is 0 Å². The number of quaternary nitrogens is 1. The first-order valence-electron chi connectivity index (χ1n) is 7.72. The maximum Gasteiger partial charge on any atom is 0.410 e. The number of hydrogen-bond acceptors (Lipinski definition) is 5. The van der Waals surface area contributed by atoms with E-state index in [9.17, 15) is 14.7 Å². The Balaban J connectivity index is 2.00. The number of nitrogens with zero attached hydrogens (tertiary/aromatic N) is 2. The minimum Gasteiger partial charge on any atom is -0.544 e. The topological polar surface area (TPSA) is 87.0 Å². The van der Waals surface area contributed by atoms with Crippen molar-refractivity contribution in [2.75, 3.05) is 26.2 Å². The van der Waals surface area contributed by atoms with Gasteiger partial charge in [0, 0.05) is 6.20 Å². The molecule has 0 radical (unpaired) electrons. The molecule has 7 heteroatoms. The third-order valence-electron chi connectivity index (χ3n) is 3.68. The van der Waals surface area contributed by atoms with Crippen LogP contribution in [0.15, 0.2) is 24.4 Å². The van der Waals surface area contributed by atoms with Gasteiger partial charge in [-0.05, 0) is 32.9 Å².